The number of piperidine rings is 1. The monoisotopic (exact) mass is 377 g/mol. The number of carbonyl (C=O) groups excluding carboxylic acids is 1. The Balaban J connectivity index is 1.60. The first-order valence-electron chi connectivity index (χ1n) is 9.08. The van der Waals surface area contributed by atoms with Gasteiger partial charge in [0, 0.05) is 55.8 Å². The predicted molar refractivity (Wildman–Crippen MR) is 98.9 cm³/mol. The van der Waals surface area contributed by atoms with E-state index in [0.29, 0.717) is 32.7 Å². The Bertz CT molecular complexity index is 787. The van der Waals surface area contributed by atoms with Crippen LogP contribution >= 0.6 is 11.8 Å². The van der Waals surface area contributed by atoms with Gasteiger partial charge in [-0.15, -0.1) is 0 Å². The topological polar surface area (TPSA) is 82.8 Å². The molecule has 3 aliphatic heterocycles. The number of hydrogen-bond donors (Lipinski definition) is 1. The first kappa shape index (κ1) is 17.6. The molecular weight excluding hydrogens is 354 g/mol. The minimum absolute atomic E-state index is 0.0424. The first-order chi connectivity index (χ1) is 12.5. The lowest BCUT2D eigenvalue weighted by atomic mass is 9.83. The van der Waals surface area contributed by atoms with Crippen LogP contribution in [0.25, 0.3) is 0 Å². The smallest absolute Gasteiger partial charge is 0.317 e. The molecule has 0 radical (unpaired) electrons. The summed E-state index contributed by atoms with van der Waals surface area (Å²) < 4.78 is 1.77. The number of likely N-dealkylation sites (tertiary alicyclic amines) is 1. The van der Waals surface area contributed by atoms with Gasteiger partial charge in [0.25, 0.3) is 11.5 Å². The van der Waals surface area contributed by atoms with Gasteiger partial charge >= 0.3 is 5.97 Å². The van der Waals surface area contributed by atoms with E-state index in [9.17, 15) is 14.4 Å². The summed E-state index contributed by atoms with van der Waals surface area (Å²) in [6.45, 7) is 3.34. The molecule has 7 nitrogen and oxygen atoms in total. The van der Waals surface area contributed by atoms with Gasteiger partial charge in [0.2, 0.25) is 0 Å². The van der Waals surface area contributed by atoms with Crippen LogP contribution in [-0.2, 0) is 11.3 Å². The van der Waals surface area contributed by atoms with Crippen LogP contribution < -0.4 is 5.56 Å². The van der Waals surface area contributed by atoms with Crippen LogP contribution in [0.15, 0.2) is 16.9 Å². The third-order valence-corrected chi connectivity index (χ3v) is 6.51. The molecule has 2 fully saturated rings. The normalized spacial score (nSPS) is 25.6. The van der Waals surface area contributed by atoms with Gasteiger partial charge in [-0.05, 0) is 24.5 Å². The van der Waals surface area contributed by atoms with Crippen LogP contribution in [0.5, 0.6) is 0 Å². The third-order valence-electron chi connectivity index (χ3n) is 5.57. The number of fused-ring (bicyclic) bond motifs is 4. The maximum Gasteiger partial charge on any atom is 0.317 e. The highest BCUT2D eigenvalue weighted by atomic mass is 32.2. The quantitative estimate of drug-likeness (QED) is 0.828. The SMILES string of the molecule is O=C(O)CN1C[C@@H]2C[C@H](C1)c1ccc(C(=O)N3CCSCC3)c(=O)n1C2. The number of amides is 1. The molecular formula is C18H23N3O4S. The number of carboxylic acids is 1. The fourth-order valence-corrected chi connectivity index (χ4v) is 5.37. The van der Waals surface area contributed by atoms with E-state index in [1.54, 1.807) is 15.5 Å². The Labute approximate surface area is 156 Å². The molecule has 1 aromatic rings. The molecule has 4 rings (SSSR count). The van der Waals surface area contributed by atoms with Gasteiger partial charge in [-0.1, -0.05) is 0 Å². The molecule has 0 aliphatic carbocycles. The summed E-state index contributed by atoms with van der Waals surface area (Å²) >= 11 is 1.83. The molecule has 8 heteroatoms. The number of carboxylic acid groups (broad SMARTS) is 1. The summed E-state index contributed by atoms with van der Waals surface area (Å²) in [5.41, 5.74) is 1.02. The van der Waals surface area contributed by atoms with Crippen molar-refractivity contribution in [3.8, 4) is 0 Å². The lowest BCUT2D eigenvalue weighted by Gasteiger charge is -2.42. The average molecular weight is 377 g/mol. The minimum atomic E-state index is -0.817. The van der Waals surface area contributed by atoms with Crippen molar-refractivity contribution in [2.24, 2.45) is 5.92 Å². The molecule has 2 bridgehead atoms. The minimum Gasteiger partial charge on any atom is -0.480 e. The summed E-state index contributed by atoms with van der Waals surface area (Å²) in [5, 5.41) is 9.05. The molecule has 1 aromatic heterocycles. The Kier molecular flexibility index (Phi) is 4.79. The molecule has 0 spiro atoms. The fraction of sp³-hybridized carbons (Fsp3) is 0.611. The molecule has 0 aromatic carbocycles. The summed E-state index contributed by atoms with van der Waals surface area (Å²) in [5.74, 6) is 1.28. The van der Waals surface area contributed by atoms with Gasteiger partial charge in [-0.2, -0.15) is 11.8 Å². The van der Waals surface area contributed by atoms with Gasteiger partial charge in [0.15, 0.2) is 0 Å². The molecule has 2 atom stereocenters. The molecule has 26 heavy (non-hydrogen) atoms. The number of rotatable bonds is 3. The highest BCUT2D eigenvalue weighted by molar-refractivity contribution is 7.99. The number of thioether (sulfide) groups is 1. The van der Waals surface area contributed by atoms with E-state index in [-0.39, 0.29) is 35.4 Å². The molecule has 1 amide bonds. The van der Waals surface area contributed by atoms with Crippen LogP contribution in [-0.4, -0.2) is 75.6 Å². The second-order valence-corrected chi connectivity index (χ2v) is 8.60. The van der Waals surface area contributed by atoms with Crippen molar-refractivity contribution in [1.29, 1.82) is 0 Å². The van der Waals surface area contributed by atoms with E-state index in [1.165, 1.54) is 0 Å². The second-order valence-electron chi connectivity index (χ2n) is 7.38. The zero-order valence-corrected chi connectivity index (χ0v) is 15.4. The molecule has 1 N–H and O–H groups in total. The standard InChI is InChI=1S/C18H23N3O4S/c22-16(23)11-19-8-12-7-13(10-19)15-2-1-14(18(25)21(15)9-12)17(24)20-3-5-26-6-4-20/h1-2,12-13H,3-11H2,(H,22,23)/t12-,13+/m0/s1. The maximum absolute atomic E-state index is 13.0. The summed E-state index contributed by atoms with van der Waals surface area (Å²) in [7, 11) is 0. The largest absolute Gasteiger partial charge is 0.480 e. The van der Waals surface area contributed by atoms with Gasteiger partial charge in [0.05, 0.1) is 6.54 Å². The van der Waals surface area contributed by atoms with Crippen molar-refractivity contribution in [3.63, 3.8) is 0 Å². The van der Waals surface area contributed by atoms with E-state index in [4.69, 9.17) is 5.11 Å². The van der Waals surface area contributed by atoms with Crippen molar-refractivity contribution in [1.82, 2.24) is 14.4 Å². The molecule has 140 valence electrons. The van der Waals surface area contributed by atoms with Crippen LogP contribution in [0.4, 0.5) is 0 Å². The Morgan fingerprint density at radius 3 is 2.65 bits per heavy atom. The van der Waals surface area contributed by atoms with Crippen LogP contribution in [0.2, 0.25) is 0 Å². The van der Waals surface area contributed by atoms with Crippen LogP contribution in [0.3, 0.4) is 0 Å². The Morgan fingerprint density at radius 1 is 1.15 bits per heavy atom. The van der Waals surface area contributed by atoms with Crippen LogP contribution in [0, 0.1) is 5.92 Å². The number of nitrogens with zero attached hydrogens (tertiary/aromatic N) is 3. The van der Waals surface area contributed by atoms with Crippen molar-refractivity contribution >= 4 is 23.6 Å². The number of pyridine rings is 1. The van der Waals surface area contributed by atoms with Gasteiger partial charge < -0.3 is 14.6 Å². The molecule has 0 unspecified atom stereocenters. The van der Waals surface area contributed by atoms with Crippen molar-refractivity contribution in [3.05, 3.63) is 33.7 Å². The summed E-state index contributed by atoms with van der Waals surface area (Å²) in [4.78, 5) is 40.5. The first-order valence-corrected chi connectivity index (χ1v) is 10.2. The van der Waals surface area contributed by atoms with E-state index in [1.807, 2.05) is 22.7 Å². The van der Waals surface area contributed by atoms with E-state index in [2.05, 4.69) is 0 Å². The van der Waals surface area contributed by atoms with Gasteiger partial charge in [-0.3, -0.25) is 19.3 Å². The number of aromatic nitrogens is 1. The molecule has 2 saturated heterocycles. The van der Waals surface area contributed by atoms with E-state index < -0.39 is 5.97 Å². The molecule has 0 saturated carbocycles. The van der Waals surface area contributed by atoms with Crippen molar-refractivity contribution < 1.29 is 14.7 Å². The molecule has 3 aliphatic rings. The van der Waals surface area contributed by atoms with E-state index >= 15 is 0 Å². The highest BCUT2D eigenvalue weighted by Crippen LogP contribution is 2.35. The highest BCUT2D eigenvalue weighted by Gasteiger charge is 2.36. The lowest BCUT2D eigenvalue weighted by Crippen LogP contribution is -2.49. The molecule has 4 heterocycles. The number of carbonyl (C=O) groups is 2. The average Bonchev–Trinajstić information content (AvgIpc) is 2.62. The van der Waals surface area contributed by atoms with Gasteiger partial charge in [-0.25, -0.2) is 0 Å². The van der Waals surface area contributed by atoms with E-state index in [0.717, 1.165) is 23.6 Å². The Hall–Kier alpha value is -1.80. The maximum atomic E-state index is 13.0. The third kappa shape index (κ3) is 3.27. The lowest BCUT2D eigenvalue weighted by molar-refractivity contribution is -0.139. The Morgan fingerprint density at radius 2 is 1.92 bits per heavy atom. The van der Waals surface area contributed by atoms with Crippen molar-refractivity contribution in [2.45, 2.75) is 18.9 Å². The zero-order chi connectivity index (χ0) is 18.3. The summed E-state index contributed by atoms with van der Waals surface area (Å²) in [6, 6.07) is 3.58. The van der Waals surface area contributed by atoms with Crippen molar-refractivity contribution in [2.75, 3.05) is 44.2 Å². The number of hydrogen-bond acceptors (Lipinski definition) is 5. The van der Waals surface area contributed by atoms with Crippen LogP contribution in [0.1, 0.15) is 28.4 Å². The van der Waals surface area contributed by atoms with Gasteiger partial charge in [0.1, 0.15) is 5.56 Å². The fourth-order valence-electron chi connectivity index (χ4n) is 4.46. The summed E-state index contributed by atoms with van der Waals surface area (Å²) in [6.07, 6.45) is 0.978. The predicted octanol–water partition coefficient (Wildman–Crippen LogP) is 0.541. The second kappa shape index (κ2) is 7.08. The zero-order valence-electron chi connectivity index (χ0n) is 14.6. The number of aliphatic carboxylic acids is 1.